The highest BCUT2D eigenvalue weighted by atomic mass is 35.5. The van der Waals surface area contributed by atoms with Gasteiger partial charge < -0.3 is 4.74 Å². The summed E-state index contributed by atoms with van der Waals surface area (Å²) in [4.78, 5) is 11.1. The Bertz CT molecular complexity index is 555. The summed E-state index contributed by atoms with van der Waals surface area (Å²) in [5, 5.41) is 8.69. The lowest BCUT2D eigenvalue weighted by Gasteiger charge is -2.13. The molecule has 0 saturated carbocycles. The highest BCUT2D eigenvalue weighted by molar-refractivity contribution is 8.00. The highest BCUT2D eigenvalue weighted by Gasteiger charge is 2.31. The Morgan fingerprint density at radius 3 is 2.65 bits per heavy atom. The molecule has 0 atom stereocenters. The van der Waals surface area contributed by atoms with E-state index < -0.39 is 23.2 Å². The maximum Gasteiger partial charge on any atom is 0.446 e. The van der Waals surface area contributed by atoms with Gasteiger partial charge in [-0.25, -0.2) is 0 Å². The van der Waals surface area contributed by atoms with Crippen molar-refractivity contribution in [3.63, 3.8) is 0 Å². The number of nitriles is 1. The van der Waals surface area contributed by atoms with Crippen molar-refractivity contribution in [2.75, 3.05) is 6.61 Å². The van der Waals surface area contributed by atoms with Gasteiger partial charge in [-0.3, -0.25) is 4.79 Å². The van der Waals surface area contributed by atoms with Crippen molar-refractivity contribution < 1.29 is 22.7 Å². The lowest BCUT2D eigenvalue weighted by molar-refractivity contribution is -0.142. The molecule has 0 heterocycles. The summed E-state index contributed by atoms with van der Waals surface area (Å²) in [7, 11) is 0. The average Bonchev–Trinajstić information content (AvgIpc) is 2.31. The van der Waals surface area contributed by atoms with Crippen LogP contribution >= 0.6 is 23.4 Å². The van der Waals surface area contributed by atoms with Crippen LogP contribution in [0.4, 0.5) is 13.2 Å². The van der Waals surface area contributed by atoms with E-state index in [0.717, 1.165) is 6.07 Å². The molecule has 0 aromatic heterocycles. The number of carbonyl (C=O) groups excluding carboxylic acids is 1. The van der Waals surface area contributed by atoms with Gasteiger partial charge in [0.05, 0.1) is 24.7 Å². The molecule has 0 bridgehead atoms. The van der Waals surface area contributed by atoms with E-state index in [2.05, 4.69) is 4.74 Å². The van der Waals surface area contributed by atoms with E-state index in [0.29, 0.717) is 0 Å². The van der Waals surface area contributed by atoms with Gasteiger partial charge in [0.25, 0.3) is 0 Å². The molecule has 8 heteroatoms. The van der Waals surface area contributed by atoms with Crippen LogP contribution in [0, 0.1) is 11.3 Å². The summed E-state index contributed by atoms with van der Waals surface area (Å²) in [6, 6.07) is 3.99. The number of thioether (sulfide) groups is 1. The Morgan fingerprint density at radius 2 is 2.15 bits per heavy atom. The van der Waals surface area contributed by atoms with E-state index in [1.165, 1.54) is 6.07 Å². The first kappa shape index (κ1) is 16.7. The molecule has 3 nitrogen and oxygen atoms in total. The second kappa shape index (κ2) is 6.86. The fourth-order valence-corrected chi connectivity index (χ4v) is 2.50. The minimum Gasteiger partial charge on any atom is -0.466 e. The maximum absolute atomic E-state index is 12.5. The van der Waals surface area contributed by atoms with Gasteiger partial charge in [0.15, 0.2) is 0 Å². The third kappa shape index (κ3) is 4.94. The number of hydrogen-bond donors (Lipinski definition) is 0. The number of carbonyl (C=O) groups is 1. The van der Waals surface area contributed by atoms with E-state index in [1.807, 2.05) is 0 Å². The van der Waals surface area contributed by atoms with Gasteiger partial charge in [-0.15, -0.1) is 0 Å². The molecule has 0 aliphatic heterocycles. The van der Waals surface area contributed by atoms with E-state index >= 15 is 0 Å². The zero-order chi connectivity index (χ0) is 15.3. The van der Waals surface area contributed by atoms with Crippen LogP contribution in [0.25, 0.3) is 0 Å². The molecule has 1 rings (SSSR count). The molecule has 0 aliphatic carbocycles. The highest BCUT2D eigenvalue weighted by Crippen LogP contribution is 2.41. The van der Waals surface area contributed by atoms with Crippen molar-refractivity contribution in [3.05, 3.63) is 28.3 Å². The Balaban J connectivity index is 3.19. The van der Waals surface area contributed by atoms with Crippen LogP contribution in [-0.4, -0.2) is 18.1 Å². The molecule has 20 heavy (non-hydrogen) atoms. The Morgan fingerprint density at radius 1 is 1.50 bits per heavy atom. The SMILES string of the molecule is CCOC(=O)Cc1c(Cl)cc(C#N)cc1SC(F)(F)F. The second-order valence-electron chi connectivity index (χ2n) is 3.58. The Labute approximate surface area is 122 Å². The third-order valence-corrected chi connectivity index (χ3v) is 3.29. The van der Waals surface area contributed by atoms with Gasteiger partial charge in [0.2, 0.25) is 0 Å². The maximum atomic E-state index is 12.5. The van der Waals surface area contributed by atoms with Crippen molar-refractivity contribution in [3.8, 4) is 6.07 Å². The lowest BCUT2D eigenvalue weighted by Crippen LogP contribution is -2.10. The molecule has 1 aromatic carbocycles. The van der Waals surface area contributed by atoms with E-state index in [4.69, 9.17) is 16.9 Å². The molecule has 0 unspecified atom stereocenters. The first-order chi connectivity index (χ1) is 9.26. The standard InChI is InChI=1S/C12H9ClF3NO2S/c1-2-19-11(18)5-8-9(13)3-7(6-17)4-10(8)20-12(14,15)16/h3-4H,2,5H2,1H3. The number of nitrogens with zero attached hydrogens (tertiary/aromatic N) is 1. The smallest absolute Gasteiger partial charge is 0.446 e. The normalized spacial score (nSPS) is 11.0. The zero-order valence-corrected chi connectivity index (χ0v) is 11.8. The fourth-order valence-electron chi connectivity index (χ4n) is 1.42. The zero-order valence-electron chi connectivity index (χ0n) is 10.3. The number of esters is 1. The molecular weight excluding hydrogens is 315 g/mol. The van der Waals surface area contributed by atoms with E-state index in [-0.39, 0.29) is 34.1 Å². The molecule has 0 N–H and O–H groups in total. The van der Waals surface area contributed by atoms with Crippen molar-refractivity contribution in [2.45, 2.75) is 23.7 Å². The largest absolute Gasteiger partial charge is 0.466 e. The average molecular weight is 324 g/mol. The molecule has 0 aliphatic rings. The second-order valence-corrected chi connectivity index (χ2v) is 5.09. The van der Waals surface area contributed by atoms with Crippen molar-refractivity contribution in [1.82, 2.24) is 0 Å². The van der Waals surface area contributed by atoms with Gasteiger partial charge in [-0.1, -0.05) is 11.6 Å². The predicted molar refractivity (Wildman–Crippen MR) is 68.4 cm³/mol. The predicted octanol–water partition coefficient (Wildman–Crippen LogP) is 3.93. The summed E-state index contributed by atoms with van der Waals surface area (Å²) >= 11 is 5.43. The van der Waals surface area contributed by atoms with Crippen molar-refractivity contribution >= 4 is 29.3 Å². The molecule has 0 fully saturated rings. The Kier molecular flexibility index (Phi) is 5.72. The number of alkyl halides is 3. The minimum absolute atomic E-state index is 0.00522. The monoisotopic (exact) mass is 323 g/mol. The molecule has 0 saturated heterocycles. The summed E-state index contributed by atoms with van der Waals surface area (Å²) in [6.45, 7) is 1.71. The fraction of sp³-hybridized carbons (Fsp3) is 0.333. The number of halogens is 4. The molecule has 0 radical (unpaired) electrons. The van der Waals surface area contributed by atoms with Crippen LogP contribution in [0.5, 0.6) is 0 Å². The van der Waals surface area contributed by atoms with Crippen LogP contribution < -0.4 is 0 Å². The number of benzene rings is 1. The van der Waals surface area contributed by atoms with E-state index in [9.17, 15) is 18.0 Å². The van der Waals surface area contributed by atoms with Crippen molar-refractivity contribution in [1.29, 1.82) is 5.26 Å². The Hall–Kier alpha value is -1.39. The number of hydrogen-bond acceptors (Lipinski definition) is 4. The van der Waals surface area contributed by atoms with Crippen LogP contribution in [0.1, 0.15) is 18.1 Å². The molecule has 0 amide bonds. The number of ether oxygens (including phenoxy) is 1. The van der Waals surface area contributed by atoms with Crippen LogP contribution in [-0.2, 0) is 16.0 Å². The summed E-state index contributed by atoms with van der Waals surface area (Å²) in [5.74, 6) is -0.678. The first-order valence-electron chi connectivity index (χ1n) is 5.40. The molecule has 1 aromatic rings. The first-order valence-corrected chi connectivity index (χ1v) is 6.60. The van der Waals surface area contributed by atoms with Gasteiger partial charge in [-0.2, -0.15) is 18.4 Å². The van der Waals surface area contributed by atoms with Gasteiger partial charge in [0.1, 0.15) is 0 Å². The molecular formula is C12H9ClF3NO2S. The van der Waals surface area contributed by atoms with E-state index in [1.54, 1.807) is 13.0 Å². The lowest BCUT2D eigenvalue weighted by atomic mass is 10.1. The van der Waals surface area contributed by atoms with Crippen LogP contribution in [0.15, 0.2) is 17.0 Å². The summed E-state index contributed by atoms with van der Waals surface area (Å²) < 4.78 is 42.2. The third-order valence-electron chi connectivity index (χ3n) is 2.14. The van der Waals surface area contributed by atoms with Crippen LogP contribution in [0.3, 0.4) is 0 Å². The quantitative estimate of drug-likeness (QED) is 0.622. The molecule has 108 valence electrons. The van der Waals surface area contributed by atoms with Gasteiger partial charge in [-0.05, 0) is 36.4 Å². The van der Waals surface area contributed by atoms with Gasteiger partial charge >= 0.3 is 11.5 Å². The summed E-state index contributed by atoms with van der Waals surface area (Å²) in [5.41, 5.74) is -4.54. The van der Waals surface area contributed by atoms with Crippen molar-refractivity contribution in [2.24, 2.45) is 0 Å². The summed E-state index contributed by atoms with van der Waals surface area (Å²) in [6.07, 6.45) is -0.378. The number of rotatable bonds is 4. The molecule has 0 spiro atoms. The topological polar surface area (TPSA) is 50.1 Å². The van der Waals surface area contributed by atoms with Gasteiger partial charge in [0, 0.05) is 9.92 Å². The minimum atomic E-state index is -4.54. The van der Waals surface area contributed by atoms with Crippen LogP contribution in [0.2, 0.25) is 5.02 Å².